The predicted octanol–water partition coefficient (Wildman–Crippen LogP) is 1.98. The fraction of sp³-hybridized carbons (Fsp3) is 0.929. The molecular weight excluding hydrogens is 212 g/mol. The molecule has 0 aromatic carbocycles. The summed E-state index contributed by atoms with van der Waals surface area (Å²) in [5.41, 5.74) is 0. The number of hydrogen-bond acceptors (Lipinski definition) is 2. The number of nitrogens with zero attached hydrogens (tertiary/aromatic N) is 2. The van der Waals surface area contributed by atoms with Crippen LogP contribution >= 0.6 is 0 Å². The Morgan fingerprint density at radius 2 is 1.65 bits per heavy atom. The molecule has 3 nitrogen and oxygen atoms in total. The molecule has 0 bridgehead atoms. The van der Waals surface area contributed by atoms with Gasteiger partial charge >= 0.3 is 0 Å². The van der Waals surface area contributed by atoms with Gasteiger partial charge in [0.05, 0.1) is 6.54 Å². The van der Waals surface area contributed by atoms with Crippen molar-refractivity contribution in [3.8, 4) is 0 Å². The molecule has 0 spiro atoms. The van der Waals surface area contributed by atoms with Crippen LogP contribution in [0, 0.1) is 11.8 Å². The lowest BCUT2D eigenvalue weighted by Gasteiger charge is -2.36. The number of piperidine rings is 2. The Kier molecular flexibility index (Phi) is 4.43. The number of carbonyl (C=O) groups excluding carboxylic acids is 1. The molecule has 2 fully saturated rings. The van der Waals surface area contributed by atoms with E-state index >= 15 is 0 Å². The molecule has 0 aromatic heterocycles. The first-order chi connectivity index (χ1) is 8.15. The Bertz CT molecular complexity index is 251. The van der Waals surface area contributed by atoms with Gasteiger partial charge in [0.15, 0.2) is 0 Å². The first-order valence-corrected chi connectivity index (χ1v) is 7.15. The normalized spacial score (nSPS) is 31.5. The molecule has 2 saturated heterocycles. The predicted molar refractivity (Wildman–Crippen MR) is 69.8 cm³/mol. The average Bonchev–Trinajstić information content (AvgIpc) is 2.28. The smallest absolute Gasteiger partial charge is 0.236 e. The molecule has 98 valence electrons. The van der Waals surface area contributed by atoms with Crippen molar-refractivity contribution in [2.24, 2.45) is 11.8 Å². The van der Waals surface area contributed by atoms with E-state index in [9.17, 15) is 4.79 Å². The highest BCUT2D eigenvalue weighted by molar-refractivity contribution is 5.78. The van der Waals surface area contributed by atoms with E-state index in [1.54, 1.807) is 0 Å². The lowest BCUT2D eigenvalue weighted by atomic mass is 9.92. The van der Waals surface area contributed by atoms with Crippen LogP contribution in [-0.4, -0.2) is 48.4 Å². The third-order valence-corrected chi connectivity index (χ3v) is 4.01. The summed E-state index contributed by atoms with van der Waals surface area (Å²) in [6.07, 6.45) is 4.99. The highest BCUT2D eigenvalue weighted by atomic mass is 16.2. The second kappa shape index (κ2) is 5.85. The maximum atomic E-state index is 12.2. The molecule has 0 aliphatic carbocycles. The maximum absolute atomic E-state index is 12.2. The molecule has 0 N–H and O–H groups in total. The summed E-state index contributed by atoms with van der Waals surface area (Å²) in [4.78, 5) is 16.6. The van der Waals surface area contributed by atoms with E-state index in [0.717, 1.165) is 38.0 Å². The van der Waals surface area contributed by atoms with Gasteiger partial charge in [-0.15, -0.1) is 0 Å². The van der Waals surface area contributed by atoms with E-state index in [0.29, 0.717) is 12.5 Å². The molecule has 2 rings (SSSR count). The van der Waals surface area contributed by atoms with Crippen LogP contribution in [0.2, 0.25) is 0 Å². The molecule has 17 heavy (non-hydrogen) atoms. The minimum Gasteiger partial charge on any atom is -0.342 e. The number of hydrogen-bond donors (Lipinski definition) is 0. The molecule has 0 aromatic rings. The third kappa shape index (κ3) is 3.70. The molecule has 2 heterocycles. The van der Waals surface area contributed by atoms with Crippen LogP contribution in [0.5, 0.6) is 0 Å². The van der Waals surface area contributed by atoms with Gasteiger partial charge in [-0.05, 0) is 37.5 Å². The van der Waals surface area contributed by atoms with Crippen molar-refractivity contribution in [2.75, 3.05) is 32.7 Å². The van der Waals surface area contributed by atoms with Gasteiger partial charge in [0.1, 0.15) is 0 Å². The zero-order valence-corrected chi connectivity index (χ0v) is 11.3. The fourth-order valence-corrected chi connectivity index (χ4v) is 3.36. The Labute approximate surface area is 105 Å². The Morgan fingerprint density at radius 1 is 1.06 bits per heavy atom. The van der Waals surface area contributed by atoms with Gasteiger partial charge in [0.25, 0.3) is 0 Å². The molecule has 0 radical (unpaired) electrons. The average molecular weight is 238 g/mol. The van der Waals surface area contributed by atoms with Gasteiger partial charge in [0, 0.05) is 26.2 Å². The molecule has 2 unspecified atom stereocenters. The van der Waals surface area contributed by atoms with Gasteiger partial charge in [-0.3, -0.25) is 9.69 Å². The van der Waals surface area contributed by atoms with E-state index < -0.39 is 0 Å². The van der Waals surface area contributed by atoms with E-state index in [-0.39, 0.29) is 0 Å². The molecule has 2 atom stereocenters. The van der Waals surface area contributed by atoms with Crippen molar-refractivity contribution in [2.45, 2.75) is 39.5 Å². The van der Waals surface area contributed by atoms with Crippen LogP contribution in [0.3, 0.4) is 0 Å². The van der Waals surface area contributed by atoms with Crippen LogP contribution < -0.4 is 0 Å². The van der Waals surface area contributed by atoms with Gasteiger partial charge < -0.3 is 4.90 Å². The van der Waals surface area contributed by atoms with Crippen LogP contribution in [-0.2, 0) is 4.79 Å². The maximum Gasteiger partial charge on any atom is 0.236 e. The van der Waals surface area contributed by atoms with E-state index in [1.165, 1.54) is 25.7 Å². The monoisotopic (exact) mass is 238 g/mol. The van der Waals surface area contributed by atoms with Crippen molar-refractivity contribution < 1.29 is 4.79 Å². The van der Waals surface area contributed by atoms with Crippen molar-refractivity contribution in [3.05, 3.63) is 0 Å². The van der Waals surface area contributed by atoms with Crippen molar-refractivity contribution in [3.63, 3.8) is 0 Å². The molecule has 3 heteroatoms. The first kappa shape index (κ1) is 12.9. The summed E-state index contributed by atoms with van der Waals surface area (Å²) in [5, 5.41) is 0. The van der Waals surface area contributed by atoms with Crippen LogP contribution in [0.25, 0.3) is 0 Å². The molecule has 0 saturated carbocycles. The lowest BCUT2D eigenvalue weighted by molar-refractivity contribution is -0.133. The Hall–Kier alpha value is -0.570. The molecule has 2 aliphatic rings. The number of likely N-dealkylation sites (tertiary alicyclic amines) is 2. The Morgan fingerprint density at radius 3 is 2.24 bits per heavy atom. The zero-order chi connectivity index (χ0) is 12.3. The minimum atomic E-state index is 0.353. The number of carbonyl (C=O) groups is 1. The van der Waals surface area contributed by atoms with Gasteiger partial charge in [-0.2, -0.15) is 0 Å². The molecular formula is C14H26N2O. The van der Waals surface area contributed by atoms with Crippen LogP contribution in [0.15, 0.2) is 0 Å². The highest BCUT2D eigenvalue weighted by Gasteiger charge is 2.25. The second-order valence-corrected chi connectivity index (χ2v) is 6.08. The highest BCUT2D eigenvalue weighted by Crippen LogP contribution is 2.21. The summed E-state index contributed by atoms with van der Waals surface area (Å²) < 4.78 is 0. The summed E-state index contributed by atoms with van der Waals surface area (Å²) in [6, 6.07) is 0. The summed E-state index contributed by atoms with van der Waals surface area (Å²) in [6.45, 7) is 9.42. The summed E-state index contributed by atoms with van der Waals surface area (Å²) in [7, 11) is 0. The van der Waals surface area contributed by atoms with Gasteiger partial charge in [-0.1, -0.05) is 13.8 Å². The van der Waals surface area contributed by atoms with E-state index in [1.807, 2.05) is 0 Å². The van der Waals surface area contributed by atoms with Gasteiger partial charge in [-0.25, -0.2) is 0 Å². The van der Waals surface area contributed by atoms with Crippen molar-refractivity contribution in [1.82, 2.24) is 9.80 Å². The number of rotatable bonds is 2. The largest absolute Gasteiger partial charge is 0.342 e. The Balaban J connectivity index is 1.80. The summed E-state index contributed by atoms with van der Waals surface area (Å²) >= 11 is 0. The minimum absolute atomic E-state index is 0.353. The molecule has 1 amide bonds. The number of amides is 1. The van der Waals surface area contributed by atoms with E-state index in [2.05, 4.69) is 23.6 Å². The lowest BCUT2D eigenvalue weighted by Crippen LogP contribution is -2.47. The van der Waals surface area contributed by atoms with E-state index in [4.69, 9.17) is 0 Å². The third-order valence-electron chi connectivity index (χ3n) is 4.01. The summed E-state index contributed by atoms with van der Waals surface area (Å²) in [5.74, 6) is 1.84. The zero-order valence-electron chi connectivity index (χ0n) is 11.3. The standard InChI is InChI=1S/C14H26N2O/c1-12-8-13(2)10-15(9-12)11-14(17)16-6-4-3-5-7-16/h12-13H,3-11H2,1-2H3. The van der Waals surface area contributed by atoms with Crippen molar-refractivity contribution >= 4 is 5.91 Å². The molecule has 2 aliphatic heterocycles. The van der Waals surface area contributed by atoms with Crippen molar-refractivity contribution in [1.29, 1.82) is 0 Å². The fourth-order valence-electron chi connectivity index (χ4n) is 3.36. The van der Waals surface area contributed by atoms with Gasteiger partial charge in [0.2, 0.25) is 5.91 Å². The quantitative estimate of drug-likeness (QED) is 0.734. The van der Waals surface area contributed by atoms with Crippen LogP contribution in [0.1, 0.15) is 39.5 Å². The second-order valence-electron chi connectivity index (χ2n) is 6.08. The van der Waals surface area contributed by atoms with Crippen LogP contribution in [0.4, 0.5) is 0 Å². The SMILES string of the molecule is CC1CC(C)CN(CC(=O)N2CCCCC2)C1. The topological polar surface area (TPSA) is 23.6 Å². The first-order valence-electron chi connectivity index (χ1n) is 7.15.